The Morgan fingerprint density at radius 3 is 2.72 bits per heavy atom. The van der Waals surface area contributed by atoms with E-state index in [-0.39, 0.29) is 4.90 Å². The average molecular weight is 359 g/mol. The molecule has 0 radical (unpaired) electrons. The number of aromatic amines is 1. The van der Waals surface area contributed by atoms with Crippen molar-refractivity contribution in [2.75, 3.05) is 12.9 Å². The van der Waals surface area contributed by atoms with E-state index < -0.39 is 28.0 Å². The molecule has 0 aliphatic heterocycles. The summed E-state index contributed by atoms with van der Waals surface area (Å²) in [4.78, 5) is 13.9. The van der Waals surface area contributed by atoms with Crippen LogP contribution in [-0.2, 0) is 14.6 Å². The van der Waals surface area contributed by atoms with Crippen molar-refractivity contribution < 1.29 is 23.1 Å². The minimum Gasteiger partial charge on any atom is -0.497 e. The lowest BCUT2D eigenvalue weighted by atomic mass is 10.0. The van der Waals surface area contributed by atoms with Crippen LogP contribution in [-0.4, -0.2) is 37.3 Å². The summed E-state index contributed by atoms with van der Waals surface area (Å²) in [5.74, 6) is -0.852. The summed E-state index contributed by atoms with van der Waals surface area (Å²) in [6, 6.07) is 12.1. The first kappa shape index (κ1) is 17.0. The zero-order valence-corrected chi connectivity index (χ0v) is 14.3. The maximum Gasteiger partial charge on any atom is 0.304 e. The molecule has 130 valence electrons. The van der Waals surface area contributed by atoms with Crippen LogP contribution in [0, 0.1) is 0 Å². The Morgan fingerprint density at radius 1 is 1.20 bits per heavy atom. The summed E-state index contributed by atoms with van der Waals surface area (Å²) in [5, 5.41) is 9.63. The number of carboxylic acid groups (broad SMARTS) is 1. The lowest BCUT2D eigenvalue weighted by Gasteiger charge is -2.06. The third-order valence-corrected chi connectivity index (χ3v) is 5.69. The number of hydrogen-bond acceptors (Lipinski definition) is 4. The number of nitrogens with one attached hydrogen (secondary N) is 1. The summed E-state index contributed by atoms with van der Waals surface area (Å²) < 4.78 is 29.9. The Kier molecular flexibility index (Phi) is 4.50. The standard InChI is InChI=1S/C18H17NO5S/c1-24-13-5-6-17-15(10-13)16(11-19-17)12-3-2-4-14(9-12)25(22,23)8-7-18(20)21/h2-6,9-11,19H,7-8H2,1H3,(H,20,21). The maximum atomic E-state index is 12.3. The molecule has 7 heteroatoms. The van der Waals surface area contributed by atoms with Crippen molar-refractivity contribution in [3.05, 3.63) is 48.7 Å². The van der Waals surface area contributed by atoms with E-state index in [9.17, 15) is 13.2 Å². The van der Waals surface area contributed by atoms with E-state index in [1.54, 1.807) is 19.2 Å². The smallest absolute Gasteiger partial charge is 0.304 e. The molecule has 0 spiro atoms. The zero-order chi connectivity index (χ0) is 18.0. The van der Waals surface area contributed by atoms with Crippen LogP contribution in [0.4, 0.5) is 0 Å². The second-order valence-corrected chi connectivity index (χ2v) is 7.71. The molecule has 25 heavy (non-hydrogen) atoms. The van der Waals surface area contributed by atoms with Crippen molar-refractivity contribution in [1.29, 1.82) is 0 Å². The van der Waals surface area contributed by atoms with Gasteiger partial charge in [0.25, 0.3) is 0 Å². The topological polar surface area (TPSA) is 96.5 Å². The minimum atomic E-state index is -3.65. The van der Waals surface area contributed by atoms with Gasteiger partial charge in [-0.1, -0.05) is 12.1 Å². The highest BCUT2D eigenvalue weighted by molar-refractivity contribution is 7.91. The Bertz CT molecular complexity index is 1040. The summed E-state index contributed by atoms with van der Waals surface area (Å²) in [6.45, 7) is 0. The highest BCUT2D eigenvalue weighted by Crippen LogP contribution is 2.32. The Labute approximate surface area is 145 Å². The molecule has 0 aliphatic carbocycles. The predicted octanol–water partition coefficient (Wildman–Crippen LogP) is 3.09. The van der Waals surface area contributed by atoms with Crippen molar-refractivity contribution in [2.24, 2.45) is 0 Å². The highest BCUT2D eigenvalue weighted by atomic mass is 32.2. The molecule has 1 aromatic heterocycles. The summed E-state index contributed by atoms with van der Waals surface area (Å²) in [6.07, 6.45) is 1.39. The minimum absolute atomic E-state index is 0.114. The molecule has 0 bridgehead atoms. The predicted molar refractivity (Wildman–Crippen MR) is 94.6 cm³/mol. The number of fused-ring (bicyclic) bond motifs is 1. The van der Waals surface area contributed by atoms with Crippen molar-refractivity contribution in [2.45, 2.75) is 11.3 Å². The molecule has 0 atom stereocenters. The third kappa shape index (κ3) is 3.51. The normalized spacial score (nSPS) is 11.6. The van der Waals surface area contributed by atoms with E-state index in [4.69, 9.17) is 9.84 Å². The van der Waals surface area contributed by atoms with Crippen LogP contribution in [0.5, 0.6) is 5.75 Å². The number of carboxylic acids is 1. The van der Waals surface area contributed by atoms with E-state index >= 15 is 0 Å². The van der Waals surface area contributed by atoms with Gasteiger partial charge in [-0.2, -0.15) is 0 Å². The zero-order valence-electron chi connectivity index (χ0n) is 13.5. The quantitative estimate of drug-likeness (QED) is 0.705. The number of carbonyl (C=O) groups is 1. The fraction of sp³-hybridized carbons (Fsp3) is 0.167. The number of benzene rings is 2. The number of rotatable bonds is 6. The van der Waals surface area contributed by atoms with Gasteiger partial charge in [0.05, 0.1) is 24.2 Å². The molecule has 3 aromatic rings. The first-order valence-corrected chi connectivity index (χ1v) is 9.26. The second kappa shape index (κ2) is 6.60. The lowest BCUT2D eigenvalue weighted by Crippen LogP contribution is -2.11. The molecular formula is C18H17NO5S. The van der Waals surface area contributed by atoms with Gasteiger partial charge in [0, 0.05) is 22.7 Å². The van der Waals surface area contributed by atoms with Gasteiger partial charge in [0.1, 0.15) is 5.75 Å². The molecule has 6 nitrogen and oxygen atoms in total. The fourth-order valence-corrected chi connectivity index (χ4v) is 3.93. The van der Waals surface area contributed by atoms with E-state index in [1.807, 2.05) is 30.5 Å². The van der Waals surface area contributed by atoms with Crippen molar-refractivity contribution >= 4 is 26.7 Å². The van der Waals surface area contributed by atoms with Crippen LogP contribution in [0.15, 0.2) is 53.6 Å². The fourth-order valence-electron chi connectivity index (χ4n) is 2.66. The molecule has 0 unspecified atom stereocenters. The molecule has 0 saturated heterocycles. The Hall–Kier alpha value is -2.80. The van der Waals surface area contributed by atoms with Crippen LogP contribution in [0.3, 0.4) is 0 Å². The van der Waals surface area contributed by atoms with E-state index in [0.29, 0.717) is 5.75 Å². The van der Waals surface area contributed by atoms with Crippen LogP contribution in [0.1, 0.15) is 6.42 Å². The van der Waals surface area contributed by atoms with Crippen LogP contribution < -0.4 is 4.74 Å². The summed E-state index contributed by atoms with van der Waals surface area (Å²) in [5.41, 5.74) is 2.50. The second-order valence-electron chi connectivity index (χ2n) is 5.60. The molecule has 0 fully saturated rings. The van der Waals surface area contributed by atoms with Crippen LogP contribution in [0.2, 0.25) is 0 Å². The molecule has 3 rings (SSSR count). The van der Waals surface area contributed by atoms with Gasteiger partial charge in [-0.15, -0.1) is 0 Å². The molecule has 0 aliphatic rings. The van der Waals surface area contributed by atoms with Gasteiger partial charge in [-0.05, 0) is 35.9 Å². The van der Waals surface area contributed by atoms with Gasteiger partial charge in [-0.25, -0.2) is 8.42 Å². The summed E-state index contributed by atoms with van der Waals surface area (Å²) >= 11 is 0. The molecular weight excluding hydrogens is 342 g/mol. The van der Waals surface area contributed by atoms with E-state index in [2.05, 4.69) is 4.98 Å². The number of H-pyrrole nitrogens is 1. The van der Waals surface area contributed by atoms with Crippen LogP contribution in [0.25, 0.3) is 22.0 Å². The number of aliphatic carboxylic acids is 1. The number of aromatic nitrogens is 1. The Morgan fingerprint density at radius 2 is 2.00 bits per heavy atom. The number of ether oxygens (including phenoxy) is 1. The van der Waals surface area contributed by atoms with Crippen LogP contribution >= 0.6 is 0 Å². The van der Waals surface area contributed by atoms with Gasteiger partial charge < -0.3 is 14.8 Å². The SMILES string of the molecule is COc1ccc2[nH]cc(-c3cccc(S(=O)(=O)CCC(=O)O)c3)c2c1. The summed E-state index contributed by atoms with van der Waals surface area (Å²) in [7, 11) is -2.06. The van der Waals surface area contributed by atoms with Gasteiger partial charge >= 0.3 is 5.97 Å². The van der Waals surface area contributed by atoms with Crippen molar-refractivity contribution in [3.63, 3.8) is 0 Å². The van der Waals surface area contributed by atoms with Gasteiger partial charge in [0.2, 0.25) is 0 Å². The first-order chi connectivity index (χ1) is 11.9. The van der Waals surface area contributed by atoms with E-state index in [0.717, 1.165) is 22.0 Å². The van der Waals surface area contributed by atoms with Crippen molar-refractivity contribution in [3.8, 4) is 16.9 Å². The Balaban J connectivity index is 2.04. The van der Waals surface area contributed by atoms with Crippen molar-refractivity contribution in [1.82, 2.24) is 4.98 Å². The van der Waals surface area contributed by atoms with Gasteiger partial charge in [0.15, 0.2) is 9.84 Å². The number of methoxy groups -OCH3 is 1. The maximum absolute atomic E-state index is 12.3. The molecule has 2 aromatic carbocycles. The number of sulfone groups is 1. The number of hydrogen-bond donors (Lipinski definition) is 2. The van der Waals surface area contributed by atoms with E-state index in [1.165, 1.54) is 6.07 Å². The average Bonchev–Trinajstić information content (AvgIpc) is 3.03. The molecule has 0 saturated carbocycles. The monoisotopic (exact) mass is 359 g/mol. The molecule has 2 N–H and O–H groups in total. The lowest BCUT2D eigenvalue weighted by molar-refractivity contribution is -0.136. The third-order valence-electron chi connectivity index (χ3n) is 3.98. The molecule has 1 heterocycles. The van der Waals surface area contributed by atoms with Gasteiger partial charge in [-0.3, -0.25) is 4.79 Å². The first-order valence-electron chi connectivity index (χ1n) is 7.61. The largest absolute Gasteiger partial charge is 0.497 e. The molecule has 0 amide bonds. The highest BCUT2D eigenvalue weighted by Gasteiger charge is 2.17.